The van der Waals surface area contributed by atoms with Gasteiger partial charge in [0.15, 0.2) is 17.7 Å². The second-order valence-electron chi connectivity index (χ2n) is 6.90. The van der Waals surface area contributed by atoms with Crippen molar-refractivity contribution >= 4 is 11.8 Å². The first kappa shape index (κ1) is 18.9. The highest BCUT2D eigenvalue weighted by molar-refractivity contribution is 5.99. The van der Waals surface area contributed by atoms with Crippen molar-refractivity contribution < 1.29 is 19.4 Å². The lowest BCUT2D eigenvalue weighted by Gasteiger charge is -2.44. The van der Waals surface area contributed by atoms with E-state index < -0.39 is 29.2 Å². The van der Waals surface area contributed by atoms with Crippen LogP contribution in [0.15, 0.2) is 48.2 Å². The summed E-state index contributed by atoms with van der Waals surface area (Å²) in [6, 6.07) is 3.28. The number of pyridine rings is 2. The third-order valence-corrected chi connectivity index (χ3v) is 5.13. The van der Waals surface area contributed by atoms with Crippen LogP contribution in [0, 0.1) is 0 Å². The fourth-order valence-electron chi connectivity index (χ4n) is 3.66. The molecule has 0 bridgehead atoms. The van der Waals surface area contributed by atoms with Crippen molar-refractivity contribution in [3.63, 3.8) is 0 Å². The van der Waals surface area contributed by atoms with Gasteiger partial charge in [-0.3, -0.25) is 19.4 Å². The van der Waals surface area contributed by atoms with Crippen molar-refractivity contribution in [1.82, 2.24) is 19.8 Å². The number of carbonyl (C=O) groups excluding carboxylic acids is 2. The molecule has 4 heterocycles. The topological polar surface area (TPSA) is 114 Å². The van der Waals surface area contributed by atoms with Gasteiger partial charge in [0.05, 0.1) is 19.2 Å². The van der Waals surface area contributed by atoms with Crippen molar-refractivity contribution in [2.75, 3.05) is 6.61 Å². The van der Waals surface area contributed by atoms with Gasteiger partial charge in [0, 0.05) is 25.1 Å². The molecule has 0 unspecified atom stereocenters. The van der Waals surface area contributed by atoms with Crippen LogP contribution in [0.4, 0.5) is 0 Å². The number of aromatic nitrogens is 2. The maximum absolute atomic E-state index is 13.0. The van der Waals surface area contributed by atoms with E-state index in [0.717, 1.165) is 5.56 Å². The van der Waals surface area contributed by atoms with Crippen LogP contribution in [0.1, 0.15) is 32.8 Å². The Bertz CT molecular complexity index is 1030. The van der Waals surface area contributed by atoms with E-state index in [4.69, 9.17) is 4.74 Å². The Morgan fingerprint density at radius 2 is 2.28 bits per heavy atom. The average molecular weight is 396 g/mol. The van der Waals surface area contributed by atoms with Crippen LogP contribution in [0.2, 0.25) is 0 Å². The molecule has 0 aromatic carbocycles. The summed E-state index contributed by atoms with van der Waals surface area (Å²) in [5.41, 5.74) is -0.514. The number of nitrogens with one attached hydrogen (secondary N) is 1. The molecule has 1 saturated heterocycles. The Morgan fingerprint density at radius 1 is 1.45 bits per heavy atom. The quantitative estimate of drug-likeness (QED) is 0.733. The van der Waals surface area contributed by atoms with Crippen molar-refractivity contribution in [2.45, 2.75) is 31.8 Å². The summed E-state index contributed by atoms with van der Waals surface area (Å²) in [6.45, 7) is 4.59. The lowest BCUT2D eigenvalue weighted by molar-refractivity contribution is -0.106. The van der Waals surface area contributed by atoms with Crippen LogP contribution in [0.25, 0.3) is 0 Å². The van der Waals surface area contributed by atoms with Gasteiger partial charge in [-0.05, 0) is 18.1 Å². The van der Waals surface area contributed by atoms with E-state index in [2.05, 4.69) is 16.9 Å². The molecule has 150 valence electrons. The highest BCUT2D eigenvalue weighted by atomic mass is 16.5. The molecule has 0 radical (unpaired) electrons. The van der Waals surface area contributed by atoms with Gasteiger partial charge in [-0.25, -0.2) is 0 Å². The van der Waals surface area contributed by atoms with Crippen LogP contribution in [-0.4, -0.2) is 50.2 Å². The summed E-state index contributed by atoms with van der Waals surface area (Å²) in [7, 11) is 0. The number of hydrogen-bond acceptors (Lipinski definition) is 6. The Kier molecular flexibility index (Phi) is 4.89. The van der Waals surface area contributed by atoms with E-state index in [0.29, 0.717) is 13.0 Å². The molecule has 2 aromatic rings. The molecule has 2 atom stereocenters. The summed E-state index contributed by atoms with van der Waals surface area (Å²) in [5.74, 6) is -1.91. The molecule has 0 saturated carbocycles. The number of ether oxygens (including phenoxy) is 1. The smallest absolute Gasteiger partial charge is 0.277 e. The Morgan fingerprint density at radius 3 is 3.00 bits per heavy atom. The first-order valence-electron chi connectivity index (χ1n) is 9.21. The maximum atomic E-state index is 13.0. The second-order valence-corrected chi connectivity index (χ2v) is 6.90. The van der Waals surface area contributed by atoms with Gasteiger partial charge in [0.2, 0.25) is 5.43 Å². The fourth-order valence-corrected chi connectivity index (χ4v) is 3.66. The summed E-state index contributed by atoms with van der Waals surface area (Å²) in [4.78, 5) is 43.5. The molecule has 4 rings (SSSR count). The number of fused-ring (bicyclic) bond motifs is 2. The van der Waals surface area contributed by atoms with E-state index >= 15 is 0 Å². The number of nitrogens with zero attached hydrogens (tertiary/aromatic N) is 3. The van der Waals surface area contributed by atoms with Gasteiger partial charge in [-0.2, -0.15) is 0 Å². The zero-order chi connectivity index (χ0) is 20.5. The monoisotopic (exact) mass is 396 g/mol. The predicted molar refractivity (Wildman–Crippen MR) is 102 cm³/mol. The minimum Gasteiger partial charge on any atom is -0.503 e. The molecule has 0 aliphatic carbocycles. The van der Waals surface area contributed by atoms with Crippen LogP contribution in [-0.2, 0) is 17.8 Å². The van der Waals surface area contributed by atoms with E-state index in [1.807, 2.05) is 0 Å². The molecule has 9 nitrogen and oxygen atoms in total. The van der Waals surface area contributed by atoms with E-state index in [9.17, 15) is 19.5 Å². The van der Waals surface area contributed by atoms with Crippen LogP contribution in [0.3, 0.4) is 0 Å². The standard InChI is InChI=1S/C20H20N4O5/c1-2-13-5-7-29-15-11-23-10-14(17(25)18(26)16(23)20(28)24(13)15)19(27)22-9-12-4-3-6-21-8-12/h2-4,6,8,10,13,15,26H,1,5,7,9,11H2,(H,22,27)/t13-,15+/m1/s1. The zero-order valence-corrected chi connectivity index (χ0v) is 15.6. The maximum Gasteiger partial charge on any atom is 0.277 e. The second kappa shape index (κ2) is 7.51. The number of carbonyl (C=O) groups is 2. The molecular weight excluding hydrogens is 376 g/mol. The van der Waals surface area contributed by atoms with Crippen molar-refractivity contribution in [2.24, 2.45) is 0 Å². The molecule has 1 fully saturated rings. The number of rotatable bonds is 4. The van der Waals surface area contributed by atoms with Gasteiger partial charge >= 0.3 is 0 Å². The minimum atomic E-state index is -0.889. The van der Waals surface area contributed by atoms with Gasteiger partial charge in [-0.1, -0.05) is 12.1 Å². The Balaban J connectivity index is 1.65. The summed E-state index contributed by atoms with van der Waals surface area (Å²) < 4.78 is 7.09. The van der Waals surface area contributed by atoms with Crippen LogP contribution < -0.4 is 10.7 Å². The SMILES string of the molecule is C=C[C@@H]1CCO[C@H]2Cn3cc(C(=O)NCc4cccnc4)c(=O)c(O)c3C(=O)N12. The third-order valence-electron chi connectivity index (χ3n) is 5.13. The molecule has 2 N–H and O–H groups in total. The van der Waals surface area contributed by atoms with E-state index in [-0.39, 0.29) is 30.4 Å². The van der Waals surface area contributed by atoms with Crippen LogP contribution >= 0.6 is 0 Å². The van der Waals surface area contributed by atoms with Gasteiger partial charge in [0.25, 0.3) is 11.8 Å². The number of amides is 2. The average Bonchev–Trinajstić information content (AvgIpc) is 2.74. The fraction of sp³-hybridized carbons (Fsp3) is 0.300. The Labute approximate surface area is 166 Å². The Hall–Kier alpha value is -3.46. The van der Waals surface area contributed by atoms with E-state index in [1.165, 1.54) is 15.7 Å². The zero-order valence-electron chi connectivity index (χ0n) is 15.6. The van der Waals surface area contributed by atoms with E-state index in [1.54, 1.807) is 30.6 Å². The van der Waals surface area contributed by atoms with Gasteiger partial charge in [-0.15, -0.1) is 6.58 Å². The molecule has 9 heteroatoms. The molecule has 2 aliphatic rings. The highest BCUT2D eigenvalue weighted by Crippen LogP contribution is 2.29. The summed E-state index contributed by atoms with van der Waals surface area (Å²) >= 11 is 0. The first-order valence-corrected chi connectivity index (χ1v) is 9.21. The van der Waals surface area contributed by atoms with Gasteiger partial charge < -0.3 is 24.6 Å². The normalized spacial score (nSPS) is 20.6. The largest absolute Gasteiger partial charge is 0.503 e. The first-order chi connectivity index (χ1) is 14.0. The van der Waals surface area contributed by atoms with Crippen molar-refractivity contribution in [1.29, 1.82) is 0 Å². The molecule has 2 aromatic heterocycles. The summed E-state index contributed by atoms with van der Waals surface area (Å²) in [5, 5.41) is 13.1. The minimum absolute atomic E-state index is 0.146. The molecule has 2 aliphatic heterocycles. The van der Waals surface area contributed by atoms with Crippen molar-refractivity contribution in [3.8, 4) is 5.75 Å². The number of hydrogen-bond donors (Lipinski definition) is 2. The lowest BCUT2D eigenvalue weighted by atomic mass is 10.1. The van der Waals surface area contributed by atoms with Crippen molar-refractivity contribution in [3.05, 3.63) is 70.4 Å². The molecule has 0 spiro atoms. The molecular formula is C20H20N4O5. The molecule has 2 amide bonds. The predicted octanol–water partition coefficient (Wildman–Crippen LogP) is 0.636. The highest BCUT2D eigenvalue weighted by Gasteiger charge is 2.41. The van der Waals surface area contributed by atoms with Crippen LogP contribution in [0.5, 0.6) is 5.75 Å². The number of aromatic hydroxyl groups is 1. The molecule has 29 heavy (non-hydrogen) atoms. The van der Waals surface area contributed by atoms with Gasteiger partial charge in [0.1, 0.15) is 5.56 Å². The third kappa shape index (κ3) is 3.29. The summed E-state index contributed by atoms with van der Waals surface area (Å²) in [6.07, 6.45) is 6.20. The lowest BCUT2D eigenvalue weighted by Crippen LogP contribution is -2.57.